The molecule has 3 nitrogen and oxygen atoms in total. The standard InChI is InChI=1S/C16H35N2Si2.C4H8O.Cr/c1-12(2)17-19(6,7)15-10-11-16(14(15)5)20(8,9)18-13(3)4;1-2-4-5-3-1;/h12-13,15-16H,10-11H2,1-9H3;1-4H2;/q-3;;+3. The molecule has 0 amide bonds. The zero-order valence-electron chi connectivity index (χ0n) is 18.8. The Kier molecular flexibility index (Phi) is 12.1. The van der Waals surface area contributed by atoms with Crippen LogP contribution in [0.15, 0.2) is 0 Å². The Morgan fingerprint density at radius 1 is 0.808 bits per heavy atom. The Morgan fingerprint density at radius 3 is 1.38 bits per heavy atom. The molecule has 1 aliphatic carbocycles. The molecular weight excluding hydrogens is 392 g/mol. The van der Waals surface area contributed by atoms with Crippen LogP contribution in [0.3, 0.4) is 0 Å². The van der Waals surface area contributed by atoms with E-state index in [9.17, 15) is 0 Å². The van der Waals surface area contributed by atoms with Gasteiger partial charge < -0.3 is 20.6 Å². The first-order valence-corrected chi connectivity index (χ1v) is 16.4. The molecule has 6 heteroatoms. The Labute approximate surface area is 177 Å². The van der Waals surface area contributed by atoms with Gasteiger partial charge in [0, 0.05) is 13.2 Å². The molecule has 1 saturated heterocycles. The van der Waals surface area contributed by atoms with Gasteiger partial charge in [0.2, 0.25) is 0 Å². The second-order valence-electron chi connectivity index (χ2n) is 9.50. The molecule has 0 N–H and O–H groups in total. The van der Waals surface area contributed by atoms with Gasteiger partial charge in [-0.15, -0.1) is 12.1 Å². The summed E-state index contributed by atoms with van der Waals surface area (Å²) in [7, 11) is -2.98. The maximum Gasteiger partial charge on any atom is 3.00 e. The fourth-order valence-corrected chi connectivity index (χ4v) is 12.4. The molecule has 0 aromatic carbocycles. The van der Waals surface area contributed by atoms with Gasteiger partial charge in [-0.05, 0) is 12.8 Å². The second-order valence-corrected chi connectivity index (χ2v) is 18.0. The van der Waals surface area contributed by atoms with Gasteiger partial charge in [-0.2, -0.15) is 18.0 Å². The first kappa shape index (κ1) is 26.8. The van der Waals surface area contributed by atoms with Crippen LogP contribution < -0.4 is 0 Å². The summed E-state index contributed by atoms with van der Waals surface area (Å²) in [5, 5.41) is 0. The minimum Gasteiger partial charge on any atom is -0.664 e. The van der Waals surface area contributed by atoms with Gasteiger partial charge in [-0.3, -0.25) is 0 Å². The van der Waals surface area contributed by atoms with Gasteiger partial charge in [-0.1, -0.05) is 83.2 Å². The van der Waals surface area contributed by atoms with E-state index in [1.807, 2.05) is 0 Å². The number of hydrogen-bond donors (Lipinski definition) is 0. The Balaban J connectivity index is 0.000000893. The molecule has 1 radical (unpaired) electrons. The number of hydrogen-bond acceptors (Lipinski definition) is 1. The summed E-state index contributed by atoms with van der Waals surface area (Å²) in [4.78, 5) is 10.2. The van der Waals surface area contributed by atoms with Crippen molar-refractivity contribution in [2.45, 2.75) is 110 Å². The zero-order valence-corrected chi connectivity index (χ0v) is 22.0. The molecule has 1 heterocycles. The molecule has 153 valence electrons. The third kappa shape index (κ3) is 8.47. The third-order valence-electron chi connectivity index (χ3n) is 5.56. The minimum atomic E-state index is -1.49. The molecule has 2 unspecified atom stereocenters. The van der Waals surface area contributed by atoms with Crippen molar-refractivity contribution in [1.29, 1.82) is 0 Å². The van der Waals surface area contributed by atoms with Crippen LogP contribution in [0.1, 0.15) is 60.3 Å². The molecule has 2 atom stereocenters. The Hall–Kier alpha value is 0.846. The summed E-state index contributed by atoms with van der Waals surface area (Å²) in [5.41, 5.74) is 1.56. The maximum atomic E-state index is 5.12. The second kappa shape index (κ2) is 11.8. The van der Waals surface area contributed by atoms with Crippen molar-refractivity contribution in [2.24, 2.45) is 0 Å². The molecule has 26 heavy (non-hydrogen) atoms. The fraction of sp³-hybridized carbons (Fsp3) is 0.950. The molecule has 0 aromatic heterocycles. The summed E-state index contributed by atoms with van der Waals surface area (Å²) >= 11 is 0. The maximum absolute atomic E-state index is 5.12. The average molecular weight is 436 g/mol. The van der Waals surface area contributed by atoms with E-state index in [1.165, 1.54) is 25.7 Å². The van der Waals surface area contributed by atoms with Crippen molar-refractivity contribution in [3.63, 3.8) is 0 Å². The SMILES string of the molecule is C1CCOC1.C[C-]1C([Si](C)(C)[N-]C(C)C)CCC1[Si](C)(C)[N-]C(C)C.[Cr+3]. The largest absolute Gasteiger partial charge is 3.00 e. The Morgan fingerprint density at radius 2 is 1.15 bits per heavy atom. The van der Waals surface area contributed by atoms with Crippen LogP contribution in [0.25, 0.3) is 9.96 Å². The fourth-order valence-electron chi connectivity index (χ4n) is 4.87. The van der Waals surface area contributed by atoms with Crippen molar-refractivity contribution in [1.82, 2.24) is 0 Å². The quantitative estimate of drug-likeness (QED) is 0.331. The number of rotatable bonds is 6. The van der Waals surface area contributed by atoms with Gasteiger partial charge in [0.05, 0.1) is 0 Å². The van der Waals surface area contributed by atoms with E-state index >= 15 is 0 Å². The van der Waals surface area contributed by atoms with E-state index in [-0.39, 0.29) is 17.4 Å². The smallest absolute Gasteiger partial charge is 0.664 e. The van der Waals surface area contributed by atoms with Gasteiger partial charge in [-0.25, -0.2) is 0 Å². The molecule has 1 aliphatic heterocycles. The van der Waals surface area contributed by atoms with E-state index in [1.54, 1.807) is 5.92 Å². The molecule has 0 spiro atoms. The van der Waals surface area contributed by atoms with Crippen molar-refractivity contribution >= 4 is 16.5 Å². The van der Waals surface area contributed by atoms with Crippen molar-refractivity contribution in [3.8, 4) is 0 Å². The predicted molar refractivity (Wildman–Crippen MR) is 118 cm³/mol. The topological polar surface area (TPSA) is 37.4 Å². The zero-order chi connectivity index (χ0) is 19.3. The summed E-state index contributed by atoms with van der Waals surface area (Å²) < 4.78 is 4.94. The first-order chi connectivity index (χ1) is 11.5. The van der Waals surface area contributed by atoms with Crippen LogP contribution in [0.4, 0.5) is 0 Å². The molecule has 1 saturated carbocycles. The van der Waals surface area contributed by atoms with Crippen LogP contribution in [0.5, 0.6) is 0 Å². The summed E-state index contributed by atoms with van der Waals surface area (Å²) in [6.45, 7) is 23.1. The van der Waals surface area contributed by atoms with E-state index in [2.05, 4.69) is 60.8 Å². The van der Waals surface area contributed by atoms with E-state index in [0.29, 0.717) is 12.1 Å². The molecule has 2 aliphatic rings. The molecular formula is C20H43CrN2OSi2. The predicted octanol–water partition coefficient (Wildman–Crippen LogP) is 6.88. The van der Waals surface area contributed by atoms with E-state index in [0.717, 1.165) is 24.3 Å². The van der Waals surface area contributed by atoms with Crippen molar-refractivity contribution in [3.05, 3.63) is 15.9 Å². The minimum absolute atomic E-state index is 0. The summed E-state index contributed by atoms with van der Waals surface area (Å²) in [6, 6.07) is 0.961. The molecule has 0 aromatic rings. The summed E-state index contributed by atoms with van der Waals surface area (Å²) in [6.07, 6.45) is 5.27. The van der Waals surface area contributed by atoms with Crippen LogP contribution in [0, 0.1) is 5.92 Å². The normalized spacial score (nSPS) is 24.6. The van der Waals surface area contributed by atoms with Crippen LogP contribution >= 0.6 is 0 Å². The van der Waals surface area contributed by atoms with E-state index in [4.69, 9.17) is 14.7 Å². The van der Waals surface area contributed by atoms with Gasteiger partial charge >= 0.3 is 17.4 Å². The van der Waals surface area contributed by atoms with Gasteiger partial charge in [0.25, 0.3) is 0 Å². The van der Waals surface area contributed by atoms with Crippen LogP contribution in [-0.2, 0) is 22.1 Å². The Bertz CT molecular complexity index is 350. The molecule has 2 fully saturated rings. The van der Waals surface area contributed by atoms with Crippen molar-refractivity contribution in [2.75, 3.05) is 13.2 Å². The van der Waals surface area contributed by atoms with E-state index < -0.39 is 16.5 Å². The summed E-state index contributed by atoms with van der Waals surface area (Å²) in [5.74, 6) is 1.74. The molecule has 2 rings (SSSR count). The molecule has 0 bridgehead atoms. The van der Waals surface area contributed by atoms with Gasteiger partial charge in [0.1, 0.15) is 0 Å². The van der Waals surface area contributed by atoms with Crippen LogP contribution in [0.2, 0.25) is 37.3 Å². The number of ether oxygens (including phenoxy) is 1. The number of nitrogens with zero attached hydrogens (tertiary/aromatic N) is 2. The third-order valence-corrected chi connectivity index (χ3v) is 12.8. The average Bonchev–Trinajstić information content (AvgIpc) is 3.07. The monoisotopic (exact) mass is 435 g/mol. The van der Waals surface area contributed by atoms with Gasteiger partial charge in [0.15, 0.2) is 0 Å². The van der Waals surface area contributed by atoms with Crippen molar-refractivity contribution < 1.29 is 22.1 Å². The first-order valence-electron chi connectivity index (χ1n) is 10.3. The van der Waals surface area contributed by atoms with Crippen LogP contribution in [-0.4, -0.2) is 41.8 Å².